The fraction of sp³-hybridized carbons (Fsp3) is 0.0909. The molecule has 1 aromatic carbocycles. The van der Waals surface area contributed by atoms with Crippen LogP contribution in [-0.4, -0.2) is 18.6 Å². The first kappa shape index (κ1) is 14.0. The van der Waals surface area contributed by atoms with Crippen molar-refractivity contribution in [2.45, 2.75) is 10.8 Å². The van der Waals surface area contributed by atoms with Crippen LogP contribution < -0.4 is 4.72 Å². The summed E-state index contributed by atoms with van der Waals surface area (Å²) in [7, 11) is -3.71. The van der Waals surface area contributed by atoms with Crippen LogP contribution in [0.15, 0.2) is 41.3 Å². The molecule has 0 unspecified atom stereocenters. The Morgan fingerprint density at radius 1 is 1.16 bits per heavy atom. The third-order valence-electron chi connectivity index (χ3n) is 2.23. The molecule has 0 spiro atoms. The zero-order valence-electron chi connectivity index (χ0n) is 9.55. The maximum Gasteiger partial charge on any atom is 0.263 e. The van der Waals surface area contributed by atoms with E-state index in [1.165, 1.54) is 24.3 Å². The number of anilines is 1. The number of aromatic nitrogens is 2. The molecule has 0 fully saturated rings. The normalized spacial score (nSPS) is 11.3. The average molecular weight is 318 g/mol. The van der Waals surface area contributed by atoms with Crippen molar-refractivity contribution in [3.05, 3.63) is 47.1 Å². The largest absolute Gasteiger partial charge is 0.263 e. The molecule has 5 nitrogen and oxygen atoms in total. The second-order valence-corrected chi connectivity index (χ2v) is 5.96. The summed E-state index contributed by atoms with van der Waals surface area (Å²) in [5.41, 5.74) is 0.715. The van der Waals surface area contributed by atoms with Crippen LogP contribution in [0.5, 0.6) is 0 Å². The van der Waals surface area contributed by atoms with Crippen LogP contribution >= 0.6 is 23.2 Å². The summed E-state index contributed by atoms with van der Waals surface area (Å²) >= 11 is 11.2. The highest BCUT2D eigenvalue weighted by molar-refractivity contribution is 7.92. The Hall–Kier alpha value is -1.37. The zero-order valence-corrected chi connectivity index (χ0v) is 11.9. The standard InChI is InChI=1S/C11H9Cl2N3O2S/c12-7-8-2-1-3-9(6-8)19(17,18)16-11-5-4-10(13)14-15-11/h1-6H,7H2,(H,15,16). The molecule has 0 aliphatic heterocycles. The minimum Gasteiger partial charge on any atom is -0.262 e. The van der Waals surface area contributed by atoms with E-state index >= 15 is 0 Å². The van der Waals surface area contributed by atoms with Crippen LogP contribution in [0.4, 0.5) is 5.82 Å². The molecule has 0 bridgehead atoms. The van der Waals surface area contributed by atoms with Crippen LogP contribution in [0.2, 0.25) is 5.15 Å². The third kappa shape index (κ3) is 3.56. The van der Waals surface area contributed by atoms with Gasteiger partial charge < -0.3 is 0 Å². The highest BCUT2D eigenvalue weighted by Gasteiger charge is 2.15. The number of alkyl halides is 1. The summed E-state index contributed by atoms with van der Waals surface area (Å²) in [6.07, 6.45) is 0. The average Bonchev–Trinajstić information content (AvgIpc) is 2.41. The highest BCUT2D eigenvalue weighted by Crippen LogP contribution is 2.16. The zero-order chi connectivity index (χ0) is 13.9. The summed E-state index contributed by atoms with van der Waals surface area (Å²) < 4.78 is 26.5. The number of nitrogens with zero attached hydrogens (tertiary/aromatic N) is 2. The molecule has 0 amide bonds. The lowest BCUT2D eigenvalue weighted by Crippen LogP contribution is -2.14. The number of nitrogens with one attached hydrogen (secondary N) is 1. The number of benzene rings is 1. The van der Waals surface area contributed by atoms with Crippen LogP contribution in [0.1, 0.15) is 5.56 Å². The lowest BCUT2D eigenvalue weighted by Gasteiger charge is -2.07. The predicted octanol–water partition coefficient (Wildman–Crippen LogP) is 2.67. The van der Waals surface area contributed by atoms with E-state index in [1.807, 2.05) is 0 Å². The first-order valence-corrected chi connectivity index (χ1v) is 7.58. The number of halogens is 2. The lowest BCUT2D eigenvalue weighted by atomic mass is 10.2. The van der Waals surface area contributed by atoms with Crippen LogP contribution in [-0.2, 0) is 15.9 Å². The molecule has 1 heterocycles. The van der Waals surface area contributed by atoms with E-state index in [2.05, 4.69) is 14.9 Å². The second-order valence-electron chi connectivity index (χ2n) is 3.63. The van der Waals surface area contributed by atoms with Gasteiger partial charge in [-0.25, -0.2) is 8.42 Å². The van der Waals surface area contributed by atoms with Gasteiger partial charge in [-0.1, -0.05) is 23.7 Å². The van der Waals surface area contributed by atoms with Crippen molar-refractivity contribution in [3.63, 3.8) is 0 Å². The molecule has 2 aromatic rings. The molecule has 1 aromatic heterocycles. The topological polar surface area (TPSA) is 72.0 Å². The van der Waals surface area contributed by atoms with E-state index in [1.54, 1.807) is 12.1 Å². The summed E-state index contributed by atoms with van der Waals surface area (Å²) in [6.45, 7) is 0. The monoisotopic (exact) mass is 317 g/mol. The van der Waals surface area contributed by atoms with Gasteiger partial charge in [-0.3, -0.25) is 4.72 Å². The van der Waals surface area contributed by atoms with Gasteiger partial charge in [0.25, 0.3) is 10.0 Å². The van der Waals surface area contributed by atoms with Gasteiger partial charge in [0, 0.05) is 5.88 Å². The number of hydrogen-bond acceptors (Lipinski definition) is 4. The van der Waals surface area contributed by atoms with Crippen molar-refractivity contribution in [1.29, 1.82) is 0 Å². The van der Waals surface area contributed by atoms with Gasteiger partial charge in [-0.05, 0) is 29.8 Å². The second kappa shape index (κ2) is 5.73. The quantitative estimate of drug-likeness (QED) is 0.880. The molecule has 8 heteroatoms. The van der Waals surface area contributed by atoms with Gasteiger partial charge >= 0.3 is 0 Å². The molecule has 0 atom stereocenters. The fourth-order valence-electron chi connectivity index (χ4n) is 1.36. The van der Waals surface area contributed by atoms with E-state index in [4.69, 9.17) is 23.2 Å². The lowest BCUT2D eigenvalue weighted by molar-refractivity contribution is 0.601. The maximum atomic E-state index is 12.1. The molecule has 0 aliphatic rings. The van der Waals surface area contributed by atoms with Crippen molar-refractivity contribution in [3.8, 4) is 0 Å². The van der Waals surface area contributed by atoms with Gasteiger partial charge in [0.1, 0.15) is 0 Å². The van der Waals surface area contributed by atoms with Crippen molar-refractivity contribution < 1.29 is 8.42 Å². The molecule has 0 radical (unpaired) electrons. The van der Waals surface area contributed by atoms with E-state index < -0.39 is 10.0 Å². The number of rotatable bonds is 4. The Morgan fingerprint density at radius 2 is 1.95 bits per heavy atom. The molecule has 2 rings (SSSR count). The summed E-state index contributed by atoms with van der Waals surface area (Å²) in [5.74, 6) is 0.338. The van der Waals surface area contributed by atoms with E-state index in [9.17, 15) is 8.42 Å². The van der Waals surface area contributed by atoms with Gasteiger partial charge in [0.15, 0.2) is 11.0 Å². The Morgan fingerprint density at radius 3 is 2.58 bits per heavy atom. The van der Waals surface area contributed by atoms with E-state index in [0.717, 1.165) is 0 Å². The van der Waals surface area contributed by atoms with Gasteiger partial charge in [-0.2, -0.15) is 0 Å². The Kier molecular flexibility index (Phi) is 4.24. The smallest absolute Gasteiger partial charge is 0.262 e. The van der Waals surface area contributed by atoms with Crippen molar-refractivity contribution in [2.75, 3.05) is 4.72 Å². The molecule has 0 saturated heterocycles. The maximum absolute atomic E-state index is 12.1. The third-order valence-corrected chi connectivity index (χ3v) is 4.10. The Labute approximate surface area is 120 Å². The van der Waals surface area contributed by atoms with E-state index in [0.29, 0.717) is 5.56 Å². The molecule has 100 valence electrons. The molecular formula is C11H9Cl2N3O2S. The molecule has 0 aliphatic carbocycles. The SMILES string of the molecule is O=S(=O)(Nc1ccc(Cl)nn1)c1cccc(CCl)c1. The first-order chi connectivity index (χ1) is 9.01. The number of sulfonamides is 1. The van der Waals surface area contributed by atoms with Crippen LogP contribution in [0, 0.1) is 0 Å². The van der Waals surface area contributed by atoms with Crippen LogP contribution in [0.3, 0.4) is 0 Å². The molecular weight excluding hydrogens is 309 g/mol. The summed E-state index contributed by atoms with van der Waals surface area (Å²) in [5, 5.41) is 7.38. The van der Waals surface area contributed by atoms with Gasteiger partial charge in [0.2, 0.25) is 0 Å². The van der Waals surface area contributed by atoms with E-state index in [-0.39, 0.29) is 21.7 Å². The Balaban J connectivity index is 2.29. The van der Waals surface area contributed by atoms with Gasteiger partial charge in [-0.15, -0.1) is 21.8 Å². The van der Waals surface area contributed by atoms with Gasteiger partial charge in [0.05, 0.1) is 4.90 Å². The molecule has 19 heavy (non-hydrogen) atoms. The minimum absolute atomic E-state index is 0.0978. The fourth-order valence-corrected chi connectivity index (χ4v) is 2.70. The molecule has 1 N–H and O–H groups in total. The summed E-state index contributed by atoms with van der Waals surface area (Å²) in [6, 6.07) is 9.22. The Bertz CT molecular complexity index is 675. The highest BCUT2D eigenvalue weighted by atomic mass is 35.5. The van der Waals surface area contributed by atoms with Crippen LogP contribution in [0.25, 0.3) is 0 Å². The number of hydrogen-bond donors (Lipinski definition) is 1. The summed E-state index contributed by atoms with van der Waals surface area (Å²) in [4.78, 5) is 0.113. The predicted molar refractivity (Wildman–Crippen MR) is 73.8 cm³/mol. The minimum atomic E-state index is -3.71. The van der Waals surface area contributed by atoms with Crippen molar-refractivity contribution in [2.24, 2.45) is 0 Å². The first-order valence-electron chi connectivity index (χ1n) is 5.18. The van der Waals surface area contributed by atoms with Crippen molar-refractivity contribution in [1.82, 2.24) is 10.2 Å². The molecule has 0 saturated carbocycles. The van der Waals surface area contributed by atoms with Crippen molar-refractivity contribution >= 4 is 39.0 Å².